The molecule has 1 N–H and O–H groups in total. The van der Waals surface area contributed by atoms with Crippen molar-refractivity contribution in [1.82, 2.24) is 15.2 Å². The van der Waals surface area contributed by atoms with E-state index in [2.05, 4.69) is 10.4 Å². The number of amidine groups is 1. The Labute approximate surface area is 115 Å². The third-order valence-corrected chi connectivity index (χ3v) is 3.46. The third kappa shape index (κ3) is 2.87. The normalized spacial score (nSPS) is 22.7. The van der Waals surface area contributed by atoms with Crippen molar-refractivity contribution < 1.29 is 9.59 Å². The number of hydrogen-bond acceptors (Lipinski definition) is 5. The molecule has 0 bridgehead atoms. The lowest BCUT2D eigenvalue weighted by Gasteiger charge is -2.08. The van der Waals surface area contributed by atoms with E-state index in [4.69, 9.17) is 0 Å². The van der Waals surface area contributed by atoms with E-state index in [1.54, 1.807) is 24.9 Å². The summed E-state index contributed by atoms with van der Waals surface area (Å²) in [4.78, 5) is 24.9. The first-order chi connectivity index (χ1) is 8.99. The van der Waals surface area contributed by atoms with Gasteiger partial charge in [-0.1, -0.05) is 11.8 Å². The van der Waals surface area contributed by atoms with Crippen molar-refractivity contribution in [1.29, 1.82) is 0 Å². The van der Waals surface area contributed by atoms with Gasteiger partial charge in [0.15, 0.2) is 5.84 Å². The van der Waals surface area contributed by atoms with Crippen molar-refractivity contribution in [3.05, 3.63) is 34.4 Å². The summed E-state index contributed by atoms with van der Waals surface area (Å²) in [6.45, 7) is 1.38. The summed E-state index contributed by atoms with van der Waals surface area (Å²) in [5.41, 5.74) is 0.381. The number of amides is 2. The van der Waals surface area contributed by atoms with Crippen LogP contribution in [0.4, 0.5) is 0 Å². The smallest absolute Gasteiger partial charge is 0.277 e. The molecule has 0 saturated carbocycles. The second kappa shape index (κ2) is 5.31. The summed E-state index contributed by atoms with van der Waals surface area (Å²) >= 11 is 1.56. The number of rotatable bonds is 1. The zero-order valence-corrected chi connectivity index (χ0v) is 11.7. The van der Waals surface area contributed by atoms with Crippen LogP contribution in [-0.4, -0.2) is 41.7 Å². The van der Waals surface area contributed by atoms with E-state index in [-0.39, 0.29) is 17.6 Å². The van der Waals surface area contributed by atoms with Gasteiger partial charge in [0.25, 0.3) is 5.91 Å². The van der Waals surface area contributed by atoms with Crippen LogP contribution in [0.2, 0.25) is 0 Å². The maximum atomic E-state index is 11.9. The highest BCUT2D eigenvalue weighted by Crippen LogP contribution is 2.27. The molecule has 0 aromatic rings. The predicted octanol–water partition coefficient (Wildman–Crippen LogP) is 0.826. The van der Waals surface area contributed by atoms with Gasteiger partial charge >= 0.3 is 0 Å². The van der Waals surface area contributed by atoms with Gasteiger partial charge in [0.2, 0.25) is 5.91 Å². The molecule has 2 heterocycles. The highest BCUT2D eigenvalue weighted by atomic mass is 32.2. The van der Waals surface area contributed by atoms with Crippen LogP contribution in [0, 0.1) is 0 Å². The van der Waals surface area contributed by atoms with Gasteiger partial charge < -0.3 is 10.2 Å². The zero-order valence-electron chi connectivity index (χ0n) is 10.9. The van der Waals surface area contributed by atoms with Gasteiger partial charge in [-0.3, -0.25) is 9.59 Å². The quantitative estimate of drug-likeness (QED) is 0.721. The minimum atomic E-state index is -0.255. The number of carbonyl (C=O) groups excluding carboxylic acids is 2. The molecule has 0 atom stereocenters. The van der Waals surface area contributed by atoms with Crippen LogP contribution in [0.1, 0.15) is 6.92 Å². The van der Waals surface area contributed by atoms with Crippen LogP contribution in [0.3, 0.4) is 0 Å². The fraction of sp³-hybridized carbons (Fsp3) is 0.250. The van der Waals surface area contributed by atoms with Crippen molar-refractivity contribution in [2.45, 2.75) is 6.92 Å². The summed E-state index contributed by atoms with van der Waals surface area (Å²) in [5, 5.41) is 10.7. The van der Waals surface area contributed by atoms with E-state index in [0.717, 1.165) is 5.03 Å². The number of carbonyl (C=O) groups is 2. The van der Waals surface area contributed by atoms with Gasteiger partial charge in [-0.2, -0.15) is 5.10 Å². The molecule has 0 unspecified atom stereocenters. The van der Waals surface area contributed by atoms with E-state index in [1.807, 2.05) is 29.6 Å². The first-order valence-corrected chi connectivity index (χ1v) is 6.50. The molecule has 2 aliphatic heterocycles. The number of thioether (sulfide) groups is 1. The van der Waals surface area contributed by atoms with Crippen molar-refractivity contribution in [3.63, 3.8) is 0 Å². The average molecular weight is 278 g/mol. The molecular formula is C12H14N4O2S. The molecular weight excluding hydrogens is 264 g/mol. The molecule has 0 radical (unpaired) electrons. The minimum absolute atomic E-state index is 0.237. The fourth-order valence-corrected chi connectivity index (χ4v) is 2.35. The Kier molecular flexibility index (Phi) is 3.75. The largest absolute Gasteiger partial charge is 0.345 e. The number of hydrogen-bond donors (Lipinski definition) is 1. The number of hydrazone groups is 1. The van der Waals surface area contributed by atoms with Crippen molar-refractivity contribution in [2.24, 2.45) is 5.10 Å². The first-order valence-electron chi connectivity index (χ1n) is 5.62. The Balaban J connectivity index is 2.23. The summed E-state index contributed by atoms with van der Waals surface area (Å²) in [6.07, 6.45) is 5.43. The summed E-state index contributed by atoms with van der Waals surface area (Å²) in [5.74, 6) is -0.205. The lowest BCUT2D eigenvalue weighted by Crippen LogP contribution is -2.29. The Morgan fingerprint density at radius 1 is 1.42 bits per heavy atom. The van der Waals surface area contributed by atoms with Gasteiger partial charge in [0.05, 0.1) is 10.6 Å². The van der Waals surface area contributed by atoms with E-state index >= 15 is 0 Å². The Morgan fingerprint density at radius 2 is 2.16 bits per heavy atom. The average Bonchev–Trinajstić information content (AvgIpc) is 2.83. The van der Waals surface area contributed by atoms with Gasteiger partial charge in [0, 0.05) is 27.2 Å². The van der Waals surface area contributed by atoms with Crippen molar-refractivity contribution >= 4 is 29.4 Å². The van der Waals surface area contributed by atoms with Gasteiger partial charge in [-0.25, -0.2) is 5.01 Å². The van der Waals surface area contributed by atoms with Gasteiger partial charge in [-0.15, -0.1) is 0 Å². The molecule has 19 heavy (non-hydrogen) atoms. The van der Waals surface area contributed by atoms with Crippen LogP contribution in [0.15, 0.2) is 39.5 Å². The first kappa shape index (κ1) is 13.4. The molecule has 7 heteroatoms. The highest BCUT2D eigenvalue weighted by Gasteiger charge is 2.27. The lowest BCUT2D eigenvalue weighted by atomic mass is 10.2. The third-order valence-electron chi connectivity index (χ3n) is 2.54. The van der Waals surface area contributed by atoms with E-state index in [1.165, 1.54) is 11.9 Å². The van der Waals surface area contributed by atoms with E-state index in [9.17, 15) is 9.59 Å². The summed E-state index contributed by atoms with van der Waals surface area (Å²) in [6, 6.07) is 0. The molecule has 2 rings (SSSR count). The molecule has 0 aromatic heterocycles. The molecule has 0 aliphatic carbocycles. The lowest BCUT2D eigenvalue weighted by molar-refractivity contribution is -0.124. The maximum absolute atomic E-state index is 11.9. The van der Waals surface area contributed by atoms with E-state index < -0.39 is 0 Å². The molecule has 100 valence electrons. The maximum Gasteiger partial charge on any atom is 0.277 e. The number of likely N-dealkylation sites (N-methyl/N-ethyl adjacent to an activating group) is 1. The Bertz CT molecular complexity index is 548. The summed E-state index contributed by atoms with van der Waals surface area (Å²) < 4.78 is 0. The van der Waals surface area contributed by atoms with Crippen LogP contribution in [-0.2, 0) is 9.59 Å². The topological polar surface area (TPSA) is 65.0 Å². The minimum Gasteiger partial charge on any atom is -0.345 e. The van der Waals surface area contributed by atoms with E-state index in [0.29, 0.717) is 5.57 Å². The fourth-order valence-electron chi connectivity index (χ4n) is 1.59. The molecule has 6 nitrogen and oxygen atoms in total. The molecule has 2 amide bonds. The number of allylic oxidation sites excluding steroid dienone is 2. The monoisotopic (exact) mass is 278 g/mol. The molecule has 0 aromatic carbocycles. The molecule has 0 saturated heterocycles. The number of nitrogens with one attached hydrogen (secondary N) is 1. The Hall–Kier alpha value is -2.02. The van der Waals surface area contributed by atoms with Crippen LogP contribution >= 0.6 is 11.8 Å². The van der Waals surface area contributed by atoms with Gasteiger partial charge in [0.1, 0.15) is 0 Å². The predicted molar refractivity (Wildman–Crippen MR) is 74.7 cm³/mol. The summed E-state index contributed by atoms with van der Waals surface area (Å²) in [7, 11) is 3.47. The van der Waals surface area contributed by atoms with Gasteiger partial charge in [-0.05, 0) is 17.6 Å². The zero-order chi connectivity index (χ0) is 14.0. The standard InChI is InChI=1S/C12H14N4O2S/c1-8(17)13-11-9(12(18)16(3)14-11)4-5-10-15(2)6-7-19-10/h4-7H,1-3H3,(H,13,14,17)/b9-4+,10-5+. The number of nitrogens with zero attached hydrogens (tertiary/aromatic N) is 3. The Morgan fingerprint density at radius 3 is 2.74 bits per heavy atom. The van der Waals surface area contributed by atoms with Crippen LogP contribution < -0.4 is 5.32 Å². The van der Waals surface area contributed by atoms with Crippen molar-refractivity contribution in [3.8, 4) is 0 Å². The molecule has 0 spiro atoms. The second-order valence-electron chi connectivity index (χ2n) is 4.06. The molecule has 2 aliphatic rings. The van der Waals surface area contributed by atoms with Crippen molar-refractivity contribution in [2.75, 3.05) is 14.1 Å². The van der Waals surface area contributed by atoms with Crippen LogP contribution in [0.5, 0.6) is 0 Å². The highest BCUT2D eigenvalue weighted by molar-refractivity contribution is 8.06. The second-order valence-corrected chi connectivity index (χ2v) is 4.98. The van der Waals surface area contributed by atoms with Crippen LogP contribution in [0.25, 0.3) is 0 Å². The molecule has 0 fully saturated rings. The SMILES string of the molecule is CC(=O)NC1=NN(C)C(=O)/C1=C/C=C1/SC=CN1C.